The molecule has 2 fully saturated rings. The number of amides is 1. The largest absolute Gasteiger partial charge is 0.384 e. The summed E-state index contributed by atoms with van der Waals surface area (Å²) in [6.45, 7) is 4.41. The van der Waals surface area contributed by atoms with Crippen molar-refractivity contribution in [3.63, 3.8) is 0 Å². The summed E-state index contributed by atoms with van der Waals surface area (Å²) in [4.78, 5) is 21.0. The van der Waals surface area contributed by atoms with Crippen molar-refractivity contribution in [3.8, 4) is 0 Å². The molecule has 1 unspecified atom stereocenters. The molecule has 0 spiro atoms. The lowest BCUT2D eigenvalue weighted by Crippen LogP contribution is -2.51. The van der Waals surface area contributed by atoms with Gasteiger partial charge in [0.15, 0.2) is 0 Å². The van der Waals surface area contributed by atoms with Crippen LogP contribution in [0.1, 0.15) is 18.7 Å². The Kier molecular flexibility index (Phi) is 5.22. The fourth-order valence-corrected chi connectivity index (χ4v) is 3.53. The van der Waals surface area contributed by atoms with E-state index in [1.54, 1.807) is 7.11 Å². The van der Waals surface area contributed by atoms with Crippen LogP contribution in [0.15, 0.2) is 0 Å². The number of aromatic nitrogens is 2. The van der Waals surface area contributed by atoms with Crippen molar-refractivity contribution in [1.82, 2.24) is 14.3 Å². The smallest absolute Gasteiger partial charge is 0.251 e. The minimum absolute atomic E-state index is 0.148. The molecular formula is C14H22N4O3S. The van der Waals surface area contributed by atoms with Crippen molar-refractivity contribution in [2.45, 2.75) is 25.4 Å². The first-order valence-corrected chi connectivity index (χ1v) is 8.52. The van der Waals surface area contributed by atoms with Crippen molar-refractivity contribution < 1.29 is 14.3 Å². The molecule has 0 radical (unpaired) electrons. The fourth-order valence-electron chi connectivity index (χ4n) is 2.76. The van der Waals surface area contributed by atoms with Gasteiger partial charge in [0.05, 0.1) is 6.61 Å². The molecule has 122 valence electrons. The lowest BCUT2D eigenvalue weighted by atomic mass is 10.2. The van der Waals surface area contributed by atoms with Gasteiger partial charge in [0, 0.05) is 57.8 Å². The highest BCUT2D eigenvalue weighted by atomic mass is 32.1. The number of hydrogen-bond acceptors (Lipinski definition) is 7. The first kappa shape index (κ1) is 15.6. The van der Waals surface area contributed by atoms with E-state index >= 15 is 0 Å². The SMILES string of the molecule is COCCc1nsc(N2CCN(C(=O)C3CCCO3)CC2)n1. The van der Waals surface area contributed by atoms with E-state index in [1.165, 1.54) is 11.5 Å². The highest BCUT2D eigenvalue weighted by molar-refractivity contribution is 7.09. The third-order valence-corrected chi connectivity index (χ3v) is 4.87. The first-order valence-electron chi connectivity index (χ1n) is 7.75. The molecule has 1 amide bonds. The molecule has 0 aromatic carbocycles. The maximum Gasteiger partial charge on any atom is 0.251 e. The summed E-state index contributed by atoms with van der Waals surface area (Å²) in [5.74, 6) is 0.981. The maximum atomic E-state index is 12.3. The van der Waals surface area contributed by atoms with E-state index in [0.29, 0.717) is 13.2 Å². The Morgan fingerprint density at radius 1 is 1.41 bits per heavy atom. The third kappa shape index (κ3) is 3.56. The van der Waals surface area contributed by atoms with Gasteiger partial charge >= 0.3 is 0 Å². The van der Waals surface area contributed by atoms with E-state index in [9.17, 15) is 4.79 Å². The Labute approximate surface area is 134 Å². The van der Waals surface area contributed by atoms with Crippen molar-refractivity contribution in [2.75, 3.05) is 51.4 Å². The molecule has 0 aliphatic carbocycles. The van der Waals surface area contributed by atoms with Crippen LogP contribution < -0.4 is 4.90 Å². The number of anilines is 1. The molecule has 8 heteroatoms. The van der Waals surface area contributed by atoms with Crippen LogP contribution in [0.4, 0.5) is 5.13 Å². The predicted octanol–water partition coefficient (Wildman–Crippen LogP) is 0.555. The van der Waals surface area contributed by atoms with Crippen molar-refractivity contribution in [1.29, 1.82) is 0 Å². The zero-order valence-electron chi connectivity index (χ0n) is 12.9. The first-order chi connectivity index (χ1) is 10.8. The molecular weight excluding hydrogens is 304 g/mol. The number of ether oxygens (including phenoxy) is 2. The highest BCUT2D eigenvalue weighted by Crippen LogP contribution is 2.21. The number of piperazine rings is 1. The van der Waals surface area contributed by atoms with Crippen LogP contribution in [0.3, 0.4) is 0 Å². The molecule has 2 saturated heterocycles. The van der Waals surface area contributed by atoms with Crippen LogP contribution in [0.2, 0.25) is 0 Å². The van der Waals surface area contributed by atoms with E-state index in [1.807, 2.05) is 4.90 Å². The minimum atomic E-state index is -0.214. The summed E-state index contributed by atoms with van der Waals surface area (Å²) in [6, 6.07) is 0. The Balaban J connectivity index is 1.50. The van der Waals surface area contributed by atoms with Gasteiger partial charge in [-0.05, 0) is 12.8 Å². The second-order valence-corrected chi connectivity index (χ2v) is 6.28. The van der Waals surface area contributed by atoms with E-state index in [-0.39, 0.29) is 12.0 Å². The van der Waals surface area contributed by atoms with Crippen LogP contribution in [0, 0.1) is 0 Å². The number of nitrogens with zero attached hydrogens (tertiary/aromatic N) is 4. The van der Waals surface area contributed by atoms with Gasteiger partial charge in [-0.15, -0.1) is 0 Å². The predicted molar refractivity (Wildman–Crippen MR) is 83.3 cm³/mol. The van der Waals surface area contributed by atoms with Crippen molar-refractivity contribution >= 4 is 22.6 Å². The second kappa shape index (κ2) is 7.34. The molecule has 1 atom stereocenters. The number of carbonyl (C=O) groups excluding carboxylic acids is 1. The molecule has 0 saturated carbocycles. The van der Waals surface area contributed by atoms with Crippen molar-refractivity contribution in [3.05, 3.63) is 5.82 Å². The molecule has 0 bridgehead atoms. The number of rotatable bonds is 5. The molecule has 3 heterocycles. The molecule has 2 aliphatic rings. The third-order valence-electron chi connectivity index (χ3n) is 4.05. The summed E-state index contributed by atoms with van der Waals surface area (Å²) in [5, 5.41) is 0.940. The van der Waals surface area contributed by atoms with Gasteiger partial charge < -0.3 is 19.3 Å². The normalized spacial score (nSPS) is 22.3. The van der Waals surface area contributed by atoms with Crippen LogP contribution in [-0.4, -0.2) is 72.8 Å². The number of carbonyl (C=O) groups is 1. The fraction of sp³-hybridized carbons (Fsp3) is 0.786. The average Bonchev–Trinajstić information content (AvgIpc) is 3.24. The molecule has 1 aromatic heterocycles. The van der Waals surface area contributed by atoms with Crippen LogP contribution >= 0.6 is 11.5 Å². The summed E-state index contributed by atoms with van der Waals surface area (Å²) in [6.07, 6.45) is 2.38. The topological polar surface area (TPSA) is 67.8 Å². The minimum Gasteiger partial charge on any atom is -0.384 e. The summed E-state index contributed by atoms with van der Waals surface area (Å²) in [7, 11) is 1.68. The van der Waals surface area contributed by atoms with Gasteiger partial charge in [0.1, 0.15) is 11.9 Å². The quantitative estimate of drug-likeness (QED) is 0.787. The zero-order chi connectivity index (χ0) is 15.4. The van der Waals surface area contributed by atoms with Gasteiger partial charge in [0.25, 0.3) is 5.91 Å². The Morgan fingerprint density at radius 3 is 2.91 bits per heavy atom. The summed E-state index contributed by atoms with van der Waals surface area (Å²) < 4.78 is 14.9. The lowest BCUT2D eigenvalue weighted by molar-refractivity contribution is -0.141. The Hall–Kier alpha value is -1.25. The Morgan fingerprint density at radius 2 is 2.23 bits per heavy atom. The lowest BCUT2D eigenvalue weighted by Gasteiger charge is -2.35. The number of methoxy groups -OCH3 is 1. The van der Waals surface area contributed by atoms with Gasteiger partial charge in [-0.3, -0.25) is 4.79 Å². The van der Waals surface area contributed by atoms with Gasteiger partial charge in [0.2, 0.25) is 5.13 Å². The highest BCUT2D eigenvalue weighted by Gasteiger charge is 2.30. The van der Waals surface area contributed by atoms with Crippen LogP contribution in [-0.2, 0) is 20.7 Å². The summed E-state index contributed by atoms with van der Waals surface area (Å²) in [5.41, 5.74) is 0. The van der Waals surface area contributed by atoms with E-state index in [0.717, 1.165) is 56.4 Å². The van der Waals surface area contributed by atoms with E-state index in [4.69, 9.17) is 9.47 Å². The van der Waals surface area contributed by atoms with Crippen LogP contribution in [0.25, 0.3) is 0 Å². The maximum absolute atomic E-state index is 12.3. The standard InChI is InChI=1S/C14H22N4O3S/c1-20-10-4-12-15-14(22-16-12)18-7-5-17(6-8-18)13(19)11-3-2-9-21-11/h11H,2-10H2,1H3. The second-order valence-electron chi connectivity index (χ2n) is 5.55. The molecule has 7 nitrogen and oxygen atoms in total. The molecule has 1 aromatic rings. The zero-order valence-corrected chi connectivity index (χ0v) is 13.7. The monoisotopic (exact) mass is 326 g/mol. The average molecular weight is 326 g/mol. The molecule has 2 aliphatic heterocycles. The molecule has 3 rings (SSSR count). The molecule has 0 N–H and O–H groups in total. The number of hydrogen-bond donors (Lipinski definition) is 0. The van der Waals surface area contributed by atoms with E-state index < -0.39 is 0 Å². The Bertz CT molecular complexity index is 496. The van der Waals surface area contributed by atoms with E-state index in [2.05, 4.69) is 14.3 Å². The van der Waals surface area contributed by atoms with Crippen molar-refractivity contribution in [2.24, 2.45) is 0 Å². The summed E-state index contributed by atoms with van der Waals surface area (Å²) >= 11 is 1.42. The van der Waals surface area contributed by atoms with Gasteiger partial charge in [-0.25, -0.2) is 4.98 Å². The van der Waals surface area contributed by atoms with Crippen LogP contribution in [0.5, 0.6) is 0 Å². The molecule has 22 heavy (non-hydrogen) atoms. The van der Waals surface area contributed by atoms with Gasteiger partial charge in [-0.2, -0.15) is 4.37 Å². The van der Waals surface area contributed by atoms with Gasteiger partial charge in [-0.1, -0.05) is 0 Å².